The van der Waals surface area contributed by atoms with E-state index in [-0.39, 0.29) is 5.91 Å². The number of hydrogen-bond acceptors (Lipinski definition) is 3. The summed E-state index contributed by atoms with van der Waals surface area (Å²) in [6, 6.07) is 7.39. The van der Waals surface area contributed by atoms with Crippen LogP contribution >= 0.6 is 0 Å². The Morgan fingerprint density at radius 1 is 1.40 bits per heavy atom. The largest absolute Gasteiger partial charge is 0.491 e. The fourth-order valence-corrected chi connectivity index (χ4v) is 2.13. The van der Waals surface area contributed by atoms with Crippen LogP contribution in [0.3, 0.4) is 0 Å². The number of carbonyl (C=O) groups is 2. The lowest BCUT2D eigenvalue weighted by Crippen LogP contribution is -2.29. The van der Waals surface area contributed by atoms with E-state index in [1.807, 2.05) is 29.2 Å². The van der Waals surface area contributed by atoms with Gasteiger partial charge in [0.25, 0.3) is 0 Å². The molecular weight excluding hydrogens is 256 g/mol. The molecule has 1 saturated heterocycles. The highest BCUT2D eigenvalue weighted by Crippen LogP contribution is 2.19. The Hall–Kier alpha value is -2.30. The zero-order chi connectivity index (χ0) is 14.4. The normalized spacial score (nSPS) is 15.0. The molecule has 1 heterocycles. The summed E-state index contributed by atoms with van der Waals surface area (Å²) in [5, 5.41) is 0. The van der Waals surface area contributed by atoms with E-state index in [1.165, 1.54) is 6.08 Å². The van der Waals surface area contributed by atoms with Gasteiger partial charge >= 0.3 is 0 Å². The summed E-state index contributed by atoms with van der Waals surface area (Å²) in [7, 11) is 0. The molecule has 0 spiro atoms. The molecule has 2 rings (SSSR count). The van der Waals surface area contributed by atoms with Gasteiger partial charge in [0, 0.05) is 24.6 Å². The van der Waals surface area contributed by atoms with Crippen molar-refractivity contribution >= 4 is 17.9 Å². The predicted molar refractivity (Wildman–Crippen MR) is 76.0 cm³/mol. The number of likely N-dealkylation sites (tertiary alicyclic amines) is 1. The SMILES string of the molecule is NC(=O)/C=C\c1ccccc1OCCN1CCCC1=O. The average Bonchev–Trinajstić information content (AvgIpc) is 2.83. The van der Waals surface area contributed by atoms with E-state index >= 15 is 0 Å². The minimum atomic E-state index is -0.498. The molecule has 0 saturated carbocycles. The number of hydrogen-bond donors (Lipinski definition) is 1. The smallest absolute Gasteiger partial charge is 0.241 e. The first-order valence-electron chi connectivity index (χ1n) is 6.64. The first-order valence-corrected chi connectivity index (χ1v) is 6.64. The van der Waals surface area contributed by atoms with Crippen LogP contribution in [-0.2, 0) is 9.59 Å². The lowest BCUT2D eigenvalue weighted by atomic mass is 10.2. The number of carbonyl (C=O) groups excluding carboxylic acids is 2. The van der Waals surface area contributed by atoms with Crippen LogP contribution in [0, 0.1) is 0 Å². The maximum atomic E-state index is 11.5. The van der Waals surface area contributed by atoms with Crippen LogP contribution in [0.2, 0.25) is 0 Å². The Labute approximate surface area is 118 Å². The maximum Gasteiger partial charge on any atom is 0.241 e. The number of rotatable bonds is 6. The van der Waals surface area contributed by atoms with E-state index in [0.717, 1.165) is 18.5 Å². The van der Waals surface area contributed by atoms with E-state index in [1.54, 1.807) is 6.08 Å². The molecule has 20 heavy (non-hydrogen) atoms. The molecular formula is C15H18N2O3. The standard InChI is InChI=1S/C15H18N2O3/c16-14(18)8-7-12-4-1-2-5-13(12)20-11-10-17-9-3-6-15(17)19/h1-2,4-5,7-8H,3,6,9-11H2,(H2,16,18)/b8-7-. The predicted octanol–water partition coefficient (Wildman–Crippen LogP) is 1.19. The minimum absolute atomic E-state index is 0.190. The zero-order valence-electron chi connectivity index (χ0n) is 11.2. The first kappa shape index (κ1) is 14.1. The van der Waals surface area contributed by atoms with Crippen LogP contribution in [0.5, 0.6) is 5.75 Å². The molecule has 1 aromatic rings. The number of para-hydroxylation sites is 1. The van der Waals surface area contributed by atoms with Gasteiger partial charge in [0.2, 0.25) is 11.8 Å². The van der Waals surface area contributed by atoms with Crippen molar-refractivity contribution in [3.8, 4) is 5.75 Å². The molecule has 1 aliphatic rings. The third-order valence-electron chi connectivity index (χ3n) is 3.14. The molecule has 0 bridgehead atoms. The van der Waals surface area contributed by atoms with Crippen LogP contribution in [-0.4, -0.2) is 36.4 Å². The van der Waals surface area contributed by atoms with Crippen molar-refractivity contribution in [2.45, 2.75) is 12.8 Å². The van der Waals surface area contributed by atoms with E-state index < -0.39 is 5.91 Å². The summed E-state index contributed by atoms with van der Waals surface area (Å²) in [6.45, 7) is 1.84. The Balaban J connectivity index is 1.92. The monoisotopic (exact) mass is 274 g/mol. The van der Waals surface area contributed by atoms with E-state index in [0.29, 0.717) is 25.3 Å². The summed E-state index contributed by atoms with van der Waals surface area (Å²) in [5.41, 5.74) is 5.87. The summed E-state index contributed by atoms with van der Waals surface area (Å²) in [6.07, 6.45) is 4.49. The van der Waals surface area contributed by atoms with Gasteiger partial charge in [-0.1, -0.05) is 18.2 Å². The Bertz CT molecular complexity index is 526. The lowest BCUT2D eigenvalue weighted by molar-refractivity contribution is -0.128. The van der Waals surface area contributed by atoms with E-state index in [2.05, 4.69) is 0 Å². The lowest BCUT2D eigenvalue weighted by Gasteiger charge is -2.16. The van der Waals surface area contributed by atoms with Crippen molar-refractivity contribution in [2.24, 2.45) is 5.73 Å². The minimum Gasteiger partial charge on any atom is -0.491 e. The number of benzene rings is 1. The number of nitrogens with two attached hydrogens (primary N) is 1. The molecule has 1 aliphatic heterocycles. The van der Waals surface area contributed by atoms with Crippen molar-refractivity contribution < 1.29 is 14.3 Å². The van der Waals surface area contributed by atoms with Crippen molar-refractivity contribution in [1.29, 1.82) is 0 Å². The van der Waals surface area contributed by atoms with Crippen LogP contribution in [0.25, 0.3) is 6.08 Å². The Kier molecular flexibility index (Phi) is 4.76. The fourth-order valence-electron chi connectivity index (χ4n) is 2.13. The molecule has 0 radical (unpaired) electrons. The van der Waals surface area contributed by atoms with E-state index in [9.17, 15) is 9.59 Å². The molecule has 5 nitrogen and oxygen atoms in total. The van der Waals surface area contributed by atoms with Crippen LogP contribution in [0.15, 0.2) is 30.3 Å². The number of nitrogens with zero attached hydrogens (tertiary/aromatic N) is 1. The molecule has 1 aromatic carbocycles. The number of primary amides is 1. The van der Waals surface area contributed by atoms with Gasteiger partial charge in [-0.2, -0.15) is 0 Å². The molecule has 2 amide bonds. The van der Waals surface area contributed by atoms with Gasteiger partial charge in [0.1, 0.15) is 12.4 Å². The quantitative estimate of drug-likeness (QED) is 0.792. The summed E-state index contributed by atoms with van der Waals surface area (Å²) in [4.78, 5) is 24.0. The second kappa shape index (κ2) is 6.75. The Morgan fingerprint density at radius 2 is 2.20 bits per heavy atom. The van der Waals surface area contributed by atoms with Crippen molar-refractivity contribution in [2.75, 3.05) is 19.7 Å². The van der Waals surface area contributed by atoms with Gasteiger partial charge in [-0.3, -0.25) is 9.59 Å². The van der Waals surface area contributed by atoms with Gasteiger partial charge in [-0.05, 0) is 18.6 Å². The molecule has 0 aromatic heterocycles. The highest BCUT2D eigenvalue weighted by molar-refractivity contribution is 5.90. The third kappa shape index (κ3) is 3.85. The fraction of sp³-hybridized carbons (Fsp3) is 0.333. The second-order valence-corrected chi connectivity index (χ2v) is 4.61. The van der Waals surface area contributed by atoms with Crippen molar-refractivity contribution in [3.63, 3.8) is 0 Å². The number of ether oxygens (including phenoxy) is 1. The first-order chi connectivity index (χ1) is 9.66. The highest BCUT2D eigenvalue weighted by atomic mass is 16.5. The molecule has 0 atom stereocenters. The third-order valence-corrected chi connectivity index (χ3v) is 3.14. The van der Waals surface area contributed by atoms with Crippen LogP contribution in [0.1, 0.15) is 18.4 Å². The van der Waals surface area contributed by atoms with Gasteiger partial charge < -0.3 is 15.4 Å². The maximum absolute atomic E-state index is 11.5. The zero-order valence-corrected chi connectivity index (χ0v) is 11.2. The van der Waals surface area contributed by atoms with Crippen molar-refractivity contribution in [3.05, 3.63) is 35.9 Å². The average molecular weight is 274 g/mol. The van der Waals surface area contributed by atoms with Crippen molar-refractivity contribution in [1.82, 2.24) is 4.90 Å². The number of amides is 2. The highest BCUT2D eigenvalue weighted by Gasteiger charge is 2.19. The van der Waals surface area contributed by atoms with Gasteiger partial charge in [0.05, 0.1) is 6.54 Å². The summed E-state index contributed by atoms with van der Waals surface area (Å²) >= 11 is 0. The molecule has 5 heteroatoms. The molecule has 0 aliphatic carbocycles. The van der Waals surface area contributed by atoms with E-state index in [4.69, 9.17) is 10.5 Å². The second-order valence-electron chi connectivity index (χ2n) is 4.61. The Morgan fingerprint density at radius 3 is 2.90 bits per heavy atom. The van der Waals surface area contributed by atoms with Gasteiger partial charge in [0.15, 0.2) is 0 Å². The van der Waals surface area contributed by atoms with Gasteiger partial charge in [-0.25, -0.2) is 0 Å². The van der Waals surface area contributed by atoms with Crippen LogP contribution < -0.4 is 10.5 Å². The molecule has 2 N–H and O–H groups in total. The molecule has 1 fully saturated rings. The van der Waals surface area contributed by atoms with Gasteiger partial charge in [-0.15, -0.1) is 0 Å². The van der Waals surface area contributed by atoms with Crippen LogP contribution in [0.4, 0.5) is 0 Å². The molecule has 106 valence electrons. The topological polar surface area (TPSA) is 72.6 Å². The molecule has 0 unspecified atom stereocenters. The summed E-state index contributed by atoms with van der Waals surface area (Å²) in [5.74, 6) is 0.370. The summed E-state index contributed by atoms with van der Waals surface area (Å²) < 4.78 is 5.68.